The third-order valence-electron chi connectivity index (χ3n) is 7.32. The first-order valence-corrected chi connectivity index (χ1v) is 14.2. The number of para-hydroxylation sites is 1. The number of nitrogens with two attached hydrogens (primary N) is 1. The first-order chi connectivity index (χ1) is 19.9. The number of piperidine rings is 1. The van der Waals surface area contributed by atoms with Crippen molar-refractivity contribution in [3.05, 3.63) is 90.2 Å². The van der Waals surface area contributed by atoms with Crippen LogP contribution in [-0.4, -0.2) is 49.6 Å². The summed E-state index contributed by atoms with van der Waals surface area (Å²) in [5.41, 5.74) is 11.0. The zero-order valence-corrected chi connectivity index (χ0v) is 23.4. The predicted octanol–water partition coefficient (Wildman–Crippen LogP) is 5.71. The van der Waals surface area contributed by atoms with Crippen LogP contribution in [0.3, 0.4) is 0 Å². The fourth-order valence-corrected chi connectivity index (χ4v) is 6.10. The average Bonchev–Trinajstić information content (AvgIpc) is 3.62. The molecule has 10 heteroatoms. The Morgan fingerprint density at radius 3 is 2.59 bits per heavy atom. The quantitative estimate of drug-likeness (QED) is 0.255. The number of hydrogen-bond acceptors (Lipinski definition) is 7. The van der Waals surface area contributed by atoms with E-state index in [2.05, 4.69) is 21.9 Å². The number of carbonyl (C=O) groups is 2. The number of fused-ring (bicyclic) bond motifs is 1. The Bertz CT molecular complexity index is 1760. The molecule has 1 aliphatic heterocycles. The summed E-state index contributed by atoms with van der Waals surface area (Å²) in [6.07, 6.45) is 6.69. The van der Waals surface area contributed by atoms with Crippen LogP contribution < -0.4 is 11.1 Å². The van der Waals surface area contributed by atoms with Crippen molar-refractivity contribution in [1.29, 1.82) is 0 Å². The molecule has 0 spiro atoms. The monoisotopic (exact) mass is 563 g/mol. The number of pyridine rings is 1. The topological polar surface area (TPSA) is 119 Å². The van der Waals surface area contributed by atoms with Crippen molar-refractivity contribution >= 4 is 45.6 Å². The number of carbonyl (C=O) groups excluding carboxylic acids is 2. The predicted molar refractivity (Wildman–Crippen MR) is 163 cm³/mol. The van der Waals surface area contributed by atoms with Gasteiger partial charge in [-0.15, -0.1) is 11.3 Å². The maximum absolute atomic E-state index is 12.8. The van der Waals surface area contributed by atoms with E-state index < -0.39 is 0 Å². The summed E-state index contributed by atoms with van der Waals surface area (Å²) in [6, 6.07) is 16.6. The Morgan fingerprint density at radius 1 is 1.10 bits per heavy atom. The number of aromatic nitrogens is 4. The van der Waals surface area contributed by atoms with Crippen LogP contribution in [0.15, 0.2) is 79.6 Å². The SMILES string of the molecule is C=CC(=O)N1CCC[C@@H](n2nc(-c3ccc(C(=O)Nc4ccccc4)cc3)c3c(N)ncc(-c4cnc(C)s4)c32)C1. The first-order valence-electron chi connectivity index (χ1n) is 13.4. The van der Waals surface area contributed by atoms with E-state index in [1.54, 1.807) is 29.7 Å². The number of likely N-dealkylation sites (tertiary alicyclic amines) is 1. The van der Waals surface area contributed by atoms with Gasteiger partial charge in [-0.3, -0.25) is 14.3 Å². The third-order valence-corrected chi connectivity index (χ3v) is 8.27. The molecule has 3 aromatic heterocycles. The van der Waals surface area contributed by atoms with Crippen LogP contribution in [0.4, 0.5) is 11.5 Å². The van der Waals surface area contributed by atoms with Gasteiger partial charge in [0, 0.05) is 47.9 Å². The number of benzene rings is 2. The number of rotatable bonds is 6. The second-order valence-corrected chi connectivity index (χ2v) is 11.2. The lowest BCUT2D eigenvalue weighted by Gasteiger charge is -2.32. The lowest BCUT2D eigenvalue weighted by atomic mass is 10.0. The zero-order valence-electron chi connectivity index (χ0n) is 22.6. The van der Waals surface area contributed by atoms with Gasteiger partial charge in [0.05, 0.1) is 26.8 Å². The van der Waals surface area contributed by atoms with Crippen LogP contribution in [-0.2, 0) is 4.79 Å². The second kappa shape index (κ2) is 11.0. The minimum atomic E-state index is -0.198. The molecule has 0 saturated carbocycles. The van der Waals surface area contributed by atoms with Gasteiger partial charge in [-0.2, -0.15) is 5.10 Å². The van der Waals surface area contributed by atoms with Gasteiger partial charge in [0.25, 0.3) is 5.91 Å². The molecule has 2 amide bonds. The molecule has 206 valence electrons. The first kappa shape index (κ1) is 26.4. The van der Waals surface area contributed by atoms with Crippen molar-refractivity contribution in [3.8, 4) is 21.7 Å². The number of thiazole rings is 1. The molecule has 1 fully saturated rings. The van der Waals surface area contributed by atoms with Crippen LogP contribution in [0.25, 0.3) is 32.6 Å². The van der Waals surface area contributed by atoms with Gasteiger partial charge in [0.15, 0.2) is 0 Å². The largest absolute Gasteiger partial charge is 0.383 e. The molecule has 9 nitrogen and oxygen atoms in total. The summed E-state index contributed by atoms with van der Waals surface area (Å²) in [6.45, 7) is 6.83. The summed E-state index contributed by atoms with van der Waals surface area (Å²) < 4.78 is 2.01. The molecule has 0 bridgehead atoms. The molecule has 1 atom stereocenters. The Balaban J connectivity index is 1.45. The van der Waals surface area contributed by atoms with E-state index in [1.165, 1.54) is 6.08 Å². The van der Waals surface area contributed by atoms with E-state index in [-0.39, 0.29) is 17.9 Å². The molecule has 3 N–H and O–H groups in total. The molecule has 5 aromatic rings. The average molecular weight is 564 g/mol. The summed E-state index contributed by atoms with van der Waals surface area (Å²) in [5.74, 6) is 0.0820. The molecule has 0 radical (unpaired) electrons. The molecule has 0 unspecified atom stereocenters. The minimum absolute atomic E-state index is 0.0607. The van der Waals surface area contributed by atoms with Crippen molar-refractivity contribution in [2.45, 2.75) is 25.8 Å². The van der Waals surface area contributed by atoms with Crippen LogP contribution in [0, 0.1) is 6.92 Å². The van der Waals surface area contributed by atoms with Gasteiger partial charge in [-0.1, -0.05) is 36.9 Å². The summed E-state index contributed by atoms with van der Waals surface area (Å²) in [4.78, 5) is 37.1. The lowest BCUT2D eigenvalue weighted by molar-refractivity contribution is -0.127. The van der Waals surface area contributed by atoms with E-state index >= 15 is 0 Å². The van der Waals surface area contributed by atoms with Gasteiger partial charge in [0.2, 0.25) is 5.91 Å². The Labute approximate surface area is 241 Å². The van der Waals surface area contributed by atoms with E-state index in [9.17, 15) is 9.59 Å². The Morgan fingerprint density at radius 2 is 1.88 bits per heavy atom. The molecule has 41 heavy (non-hydrogen) atoms. The molecule has 2 aromatic carbocycles. The number of amides is 2. The normalized spacial score (nSPS) is 15.1. The number of nitrogens with zero attached hydrogens (tertiary/aromatic N) is 5. The standard InChI is InChI=1S/C31H29N7O2S/c1-3-26(39)37-15-7-10-23(18-37)38-29-24(25-17-33-19(2)41-25)16-34-30(32)27(29)28(36-38)20-11-13-21(14-12-20)31(40)35-22-8-5-4-6-9-22/h3-6,8-9,11-14,16-17,23H,1,7,10,15,18H2,2H3,(H2,32,34)(H,35,40)/t23-/m1/s1. The smallest absolute Gasteiger partial charge is 0.255 e. The van der Waals surface area contributed by atoms with Crippen molar-refractivity contribution in [2.24, 2.45) is 0 Å². The highest BCUT2D eigenvalue weighted by Gasteiger charge is 2.29. The summed E-state index contributed by atoms with van der Waals surface area (Å²) in [7, 11) is 0. The molecule has 1 aliphatic rings. The molecular weight excluding hydrogens is 534 g/mol. The Hall–Kier alpha value is -4.83. The minimum Gasteiger partial charge on any atom is -0.383 e. The number of anilines is 2. The van der Waals surface area contributed by atoms with Gasteiger partial charge in [0.1, 0.15) is 11.5 Å². The van der Waals surface area contributed by atoms with E-state index in [1.807, 2.05) is 65.2 Å². The van der Waals surface area contributed by atoms with E-state index in [0.717, 1.165) is 50.4 Å². The van der Waals surface area contributed by atoms with Crippen LogP contribution in [0.5, 0.6) is 0 Å². The van der Waals surface area contributed by atoms with Crippen LogP contribution in [0.1, 0.15) is 34.2 Å². The number of nitrogens with one attached hydrogen (secondary N) is 1. The van der Waals surface area contributed by atoms with Crippen LogP contribution in [0.2, 0.25) is 0 Å². The third kappa shape index (κ3) is 5.09. The highest BCUT2D eigenvalue weighted by Crippen LogP contribution is 2.41. The van der Waals surface area contributed by atoms with Crippen molar-refractivity contribution in [1.82, 2.24) is 24.6 Å². The van der Waals surface area contributed by atoms with Gasteiger partial charge >= 0.3 is 0 Å². The van der Waals surface area contributed by atoms with E-state index in [4.69, 9.17) is 10.8 Å². The molecule has 0 aliphatic carbocycles. The summed E-state index contributed by atoms with van der Waals surface area (Å²) >= 11 is 1.58. The number of hydrogen-bond donors (Lipinski definition) is 2. The zero-order chi connectivity index (χ0) is 28.5. The molecule has 4 heterocycles. The highest BCUT2D eigenvalue weighted by molar-refractivity contribution is 7.15. The molecule has 6 rings (SSSR count). The fourth-order valence-electron chi connectivity index (χ4n) is 5.32. The molecule has 1 saturated heterocycles. The van der Waals surface area contributed by atoms with Gasteiger partial charge in [-0.05, 0) is 50.1 Å². The van der Waals surface area contributed by atoms with Crippen molar-refractivity contribution in [2.75, 3.05) is 24.1 Å². The maximum Gasteiger partial charge on any atom is 0.255 e. The maximum atomic E-state index is 12.8. The van der Waals surface area contributed by atoms with Crippen molar-refractivity contribution in [3.63, 3.8) is 0 Å². The van der Waals surface area contributed by atoms with Crippen LogP contribution >= 0.6 is 11.3 Å². The van der Waals surface area contributed by atoms with E-state index in [0.29, 0.717) is 30.2 Å². The highest BCUT2D eigenvalue weighted by atomic mass is 32.1. The number of nitrogen functional groups attached to an aromatic ring is 1. The molecular formula is C31H29N7O2S. The number of aryl methyl sites for hydroxylation is 1. The fraction of sp³-hybridized carbons (Fsp3) is 0.194. The second-order valence-electron chi connectivity index (χ2n) is 10.00. The lowest BCUT2D eigenvalue weighted by Crippen LogP contribution is -2.40. The van der Waals surface area contributed by atoms with Crippen molar-refractivity contribution < 1.29 is 9.59 Å². The Kier molecular flexibility index (Phi) is 7.07. The van der Waals surface area contributed by atoms with Gasteiger partial charge in [-0.25, -0.2) is 9.97 Å². The van der Waals surface area contributed by atoms with Gasteiger partial charge < -0.3 is 16.0 Å². The summed E-state index contributed by atoms with van der Waals surface area (Å²) in [5, 5.41) is 9.72.